The highest BCUT2D eigenvalue weighted by Gasteiger charge is 2.22. The third kappa shape index (κ3) is 6.46. The van der Waals surface area contributed by atoms with Crippen LogP contribution in [0.3, 0.4) is 0 Å². The summed E-state index contributed by atoms with van der Waals surface area (Å²) in [5.74, 6) is -0.223. The fraction of sp³-hybridized carbons (Fsp3) is 0.185. The number of hydrogen-bond donors (Lipinski definition) is 5. The van der Waals surface area contributed by atoms with Gasteiger partial charge in [-0.15, -0.1) is 0 Å². The number of aromatic amines is 1. The van der Waals surface area contributed by atoms with E-state index in [1.165, 1.54) is 0 Å². The Labute approximate surface area is 198 Å². The van der Waals surface area contributed by atoms with Gasteiger partial charge < -0.3 is 15.6 Å². The molecule has 0 aliphatic carbocycles. The van der Waals surface area contributed by atoms with Gasteiger partial charge in [0, 0.05) is 36.6 Å². The first-order chi connectivity index (χ1) is 16.7. The lowest BCUT2D eigenvalue weighted by Crippen LogP contribution is -2.53. The lowest BCUT2D eigenvalue weighted by atomic mass is 10.0. The number of rotatable bonds is 10. The minimum atomic E-state index is -0.728. The van der Waals surface area contributed by atoms with Crippen molar-refractivity contribution in [1.82, 2.24) is 26.5 Å². The van der Waals surface area contributed by atoms with Crippen LogP contribution in [0.15, 0.2) is 91.1 Å². The molecule has 0 saturated carbocycles. The van der Waals surface area contributed by atoms with Crippen LogP contribution in [0, 0.1) is 0 Å². The number of benzene rings is 3. The van der Waals surface area contributed by atoms with Crippen molar-refractivity contribution >= 4 is 22.8 Å². The first-order valence-electron chi connectivity index (χ1n) is 11.4. The second kappa shape index (κ2) is 11.7. The van der Waals surface area contributed by atoms with E-state index in [-0.39, 0.29) is 5.91 Å². The Hall–Kier alpha value is -4.10. The fourth-order valence-electron chi connectivity index (χ4n) is 3.84. The number of aromatic nitrogens is 1. The van der Waals surface area contributed by atoms with Gasteiger partial charge in [0.2, 0.25) is 5.91 Å². The first-order valence-corrected chi connectivity index (χ1v) is 11.4. The van der Waals surface area contributed by atoms with Crippen molar-refractivity contribution in [1.29, 1.82) is 0 Å². The smallest absolute Gasteiger partial charge is 0.329 e. The zero-order valence-electron chi connectivity index (χ0n) is 18.9. The molecule has 1 atom stereocenters. The molecule has 4 aromatic rings. The van der Waals surface area contributed by atoms with Crippen molar-refractivity contribution in [2.24, 2.45) is 0 Å². The molecule has 1 aromatic heterocycles. The van der Waals surface area contributed by atoms with Gasteiger partial charge in [-0.2, -0.15) is 0 Å². The van der Waals surface area contributed by atoms with Crippen LogP contribution in [-0.2, 0) is 24.2 Å². The summed E-state index contributed by atoms with van der Waals surface area (Å²) in [4.78, 5) is 28.8. The third-order valence-electron chi connectivity index (χ3n) is 5.61. The molecule has 0 fully saturated rings. The normalized spacial score (nSPS) is 11.6. The van der Waals surface area contributed by atoms with Crippen molar-refractivity contribution in [3.63, 3.8) is 0 Å². The Balaban J connectivity index is 1.37. The molecule has 0 unspecified atom stereocenters. The fourth-order valence-corrected chi connectivity index (χ4v) is 3.84. The molecule has 174 valence electrons. The van der Waals surface area contributed by atoms with E-state index >= 15 is 0 Å². The number of carbonyl (C=O) groups is 2. The average Bonchev–Trinajstić information content (AvgIpc) is 3.28. The average molecular weight is 456 g/mol. The predicted octanol–water partition coefficient (Wildman–Crippen LogP) is 3.44. The van der Waals surface area contributed by atoms with Crippen LogP contribution in [0.25, 0.3) is 10.9 Å². The lowest BCUT2D eigenvalue weighted by Gasteiger charge is -2.19. The molecule has 34 heavy (non-hydrogen) atoms. The van der Waals surface area contributed by atoms with E-state index in [0.717, 1.165) is 34.0 Å². The largest absolute Gasteiger partial charge is 0.361 e. The Morgan fingerprint density at radius 3 is 2.26 bits per heavy atom. The van der Waals surface area contributed by atoms with E-state index < -0.39 is 12.1 Å². The summed E-state index contributed by atoms with van der Waals surface area (Å²) in [5, 5.41) is 6.82. The van der Waals surface area contributed by atoms with Crippen molar-refractivity contribution in [3.8, 4) is 0 Å². The standard InChI is InChI=1S/C27H29N5O2/c33-26(28-16-15-20-9-3-1-4-10-20)25(17-22-19-29-24-14-8-7-13-23(22)24)31-27(34)32-30-18-21-11-5-2-6-12-21/h1-14,19,25,29-30H,15-18H2,(H,28,33)(H2,31,32,34)/t25-/m1/s1. The van der Waals surface area contributed by atoms with Crippen molar-refractivity contribution in [2.75, 3.05) is 6.54 Å². The maximum Gasteiger partial charge on any atom is 0.329 e. The minimum Gasteiger partial charge on any atom is -0.361 e. The molecular weight excluding hydrogens is 426 g/mol. The molecule has 0 aliphatic rings. The van der Waals surface area contributed by atoms with Gasteiger partial charge in [-0.3, -0.25) is 10.2 Å². The van der Waals surface area contributed by atoms with Crippen LogP contribution in [0.5, 0.6) is 0 Å². The second-order valence-electron chi connectivity index (χ2n) is 8.08. The topological polar surface area (TPSA) is 98.1 Å². The van der Waals surface area contributed by atoms with Gasteiger partial charge in [0.1, 0.15) is 6.04 Å². The monoisotopic (exact) mass is 455 g/mol. The predicted molar refractivity (Wildman–Crippen MR) is 134 cm³/mol. The number of para-hydroxylation sites is 1. The number of H-pyrrole nitrogens is 1. The van der Waals surface area contributed by atoms with E-state index in [1.807, 2.05) is 91.1 Å². The van der Waals surface area contributed by atoms with Crippen LogP contribution in [0.1, 0.15) is 16.7 Å². The van der Waals surface area contributed by atoms with Crippen molar-refractivity contribution in [3.05, 3.63) is 108 Å². The number of hydrogen-bond acceptors (Lipinski definition) is 3. The van der Waals surface area contributed by atoms with Gasteiger partial charge in [0.25, 0.3) is 0 Å². The maximum atomic E-state index is 13.0. The molecule has 5 N–H and O–H groups in total. The molecule has 0 spiro atoms. The van der Waals surface area contributed by atoms with E-state index in [9.17, 15) is 9.59 Å². The summed E-state index contributed by atoms with van der Waals surface area (Å²) in [5.41, 5.74) is 9.67. The molecule has 7 nitrogen and oxygen atoms in total. The van der Waals surface area contributed by atoms with E-state index in [1.54, 1.807) is 0 Å². The zero-order valence-corrected chi connectivity index (χ0v) is 18.9. The molecule has 4 rings (SSSR count). The van der Waals surface area contributed by atoms with Gasteiger partial charge in [0.05, 0.1) is 0 Å². The summed E-state index contributed by atoms with van der Waals surface area (Å²) < 4.78 is 0. The third-order valence-corrected chi connectivity index (χ3v) is 5.61. The second-order valence-corrected chi connectivity index (χ2v) is 8.08. The highest BCUT2D eigenvalue weighted by atomic mass is 16.2. The molecule has 1 heterocycles. The lowest BCUT2D eigenvalue weighted by molar-refractivity contribution is -0.122. The van der Waals surface area contributed by atoms with Gasteiger partial charge >= 0.3 is 6.03 Å². The molecule has 0 saturated heterocycles. The summed E-state index contributed by atoms with van der Waals surface area (Å²) in [6, 6.07) is 26.4. The van der Waals surface area contributed by atoms with Crippen molar-refractivity contribution in [2.45, 2.75) is 25.4 Å². The number of carbonyl (C=O) groups excluding carboxylic acids is 2. The summed E-state index contributed by atoms with van der Waals surface area (Å²) in [6.45, 7) is 0.966. The van der Waals surface area contributed by atoms with Gasteiger partial charge in [-0.25, -0.2) is 10.2 Å². The quantitative estimate of drug-likeness (QED) is 0.237. The first kappa shape index (κ1) is 23.1. The van der Waals surface area contributed by atoms with Gasteiger partial charge in [-0.05, 0) is 29.2 Å². The van der Waals surface area contributed by atoms with Crippen LogP contribution >= 0.6 is 0 Å². The highest BCUT2D eigenvalue weighted by molar-refractivity contribution is 5.89. The number of fused-ring (bicyclic) bond motifs is 1. The summed E-state index contributed by atoms with van der Waals surface area (Å²) >= 11 is 0. The highest BCUT2D eigenvalue weighted by Crippen LogP contribution is 2.19. The van der Waals surface area contributed by atoms with E-state index in [4.69, 9.17) is 0 Å². The minimum absolute atomic E-state index is 0.223. The van der Waals surface area contributed by atoms with Gasteiger partial charge in [-0.1, -0.05) is 78.9 Å². The molecule has 0 aliphatic heterocycles. The molecule has 0 bridgehead atoms. The Morgan fingerprint density at radius 2 is 1.50 bits per heavy atom. The van der Waals surface area contributed by atoms with Crippen LogP contribution in [0.4, 0.5) is 4.79 Å². The van der Waals surface area contributed by atoms with Crippen molar-refractivity contribution < 1.29 is 9.59 Å². The Bertz CT molecular complexity index is 1210. The number of urea groups is 1. The van der Waals surface area contributed by atoms with Crippen LogP contribution in [0.2, 0.25) is 0 Å². The zero-order chi connectivity index (χ0) is 23.6. The van der Waals surface area contributed by atoms with Gasteiger partial charge in [0.15, 0.2) is 0 Å². The van der Waals surface area contributed by atoms with E-state index in [2.05, 4.69) is 26.5 Å². The Morgan fingerprint density at radius 1 is 0.824 bits per heavy atom. The van der Waals surface area contributed by atoms with Crippen LogP contribution < -0.4 is 21.5 Å². The van der Waals surface area contributed by atoms with Crippen LogP contribution in [-0.4, -0.2) is 29.5 Å². The molecule has 0 radical (unpaired) electrons. The molecular formula is C27H29N5O2. The molecule has 3 amide bonds. The molecule has 3 aromatic carbocycles. The Kier molecular flexibility index (Phi) is 7.92. The summed E-state index contributed by atoms with van der Waals surface area (Å²) in [6.07, 6.45) is 2.98. The molecule has 7 heteroatoms. The number of amides is 3. The number of nitrogens with one attached hydrogen (secondary N) is 5. The maximum absolute atomic E-state index is 13.0. The number of hydrazine groups is 1. The summed E-state index contributed by atoms with van der Waals surface area (Å²) in [7, 11) is 0. The SMILES string of the molecule is O=C(NNCc1ccccc1)N[C@H](Cc1c[nH]c2ccccc12)C(=O)NCCc1ccccc1. The van der Waals surface area contributed by atoms with E-state index in [0.29, 0.717) is 19.5 Å².